The molecule has 5 nitrogen and oxygen atoms in total. The molecule has 1 unspecified atom stereocenters. The molecule has 0 aromatic heterocycles. The fourth-order valence-electron chi connectivity index (χ4n) is 3.21. The summed E-state index contributed by atoms with van der Waals surface area (Å²) in [6, 6.07) is 15.5. The molecule has 3 rings (SSSR count). The Hall–Kier alpha value is -2.69. The molecule has 5 heteroatoms. The van der Waals surface area contributed by atoms with Crippen LogP contribution in [-0.2, 0) is 4.79 Å². The summed E-state index contributed by atoms with van der Waals surface area (Å²) < 4.78 is 16.0. The van der Waals surface area contributed by atoms with E-state index in [1.165, 1.54) is 18.4 Å². The highest BCUT2D eigenvalue weighted by atomic mass is 16.5. The second-order valence-corrected chi connectivity index (χ2v) is 6.80. The molecule has 27 heavy (non-hydrogen) atoms. The number of carbonyl (C=O) groups excluding carboxylic acids is 1. The third-order valence-electron chi connectivity index (χ3n) is 4.89. The summed E-state index contributed by atoms with van der Waals surface area (Å²) in [7, 11) is 3.29. The first kappa shape index (κ1) is 19.1. The second kappa shape index (κ2) is 9.31. The molecule has 144 valence electrons. The van der Waals surface area contributed by atoms with Gasteiger partial charge in [-0.2, -0.15) is 0 Å². The molecule has 0 bridgehead atoms. The van der Waals surface area contributed by atoms with Crippen molar-refractivity contribution in [3.8, 4) is 17.2 Å². The summed E-state index contributed by atoms with van der Waals surface area (Å²) in [6.07, 6.45) is 2.91. The Morgan fingerprint density at radius 3 is 2.07 bits per heavy atom. The van der Waals surface area contributed by atoms with Crippen LogP contribution in [0.2, 0.25) is 0 Å². The average Bonchev–Trinajstić information content (AvgIpc) is 3.55. The quantitative estimate of drug-likeness (QED) is 0.648. The van der Waals surface area contributed by atoms with E-state index in [2.05, 4.69) is 17.4 Å². The Kier molecular flexibility index (Phi) is 6.58. The lowest BCUT2D eigenvalue weighted by molar-refractivity contribution is -0.121. The summed E-state index contributed by atoms with van der Waals surface area (Å²) in [4.78, 5) is 12.4. The van der Waals surface area contributed by atoms with Crippen molar-refractivity contribution in [1.29, 1.82) is 0 Å². The van der Waals surface area contributed by atoms with Crippen LogP contribution in [0.15, 0.2) is 48.5 Å². The molecule has 1 aliphatic carbocycles. The molecule has 0 radical (unpaired) electrons. The number of hydrogen-bond donors (Lipinski definition) is 1. The lowest BCUT2D eigenvalue weighted by Crippen LogP contribution is -2.29. The monoisotopic (exact) mass is 369 g/mol. The molecule has 2 aromatic rings. The van der Waals surface area contributed by atoms with Crippen molar-refractivity contribution in [3.05, 3.63) is 54.1 Å². The third-order valence-corrected chi connectivity index (χ3v) is 4.89. The molecular weight excluding hydrogens is 342 g/mol. The topological polar surface area (TPSA) is 56.8 Å². The molecule has 0 spiro atoms. The van der Waals surface area contributed by atoms with Crippen molar-refractivity contribution in [1.82, 2.24) is 5.32 Å². The Morgan fingerprint density at radius 1 is 0.963 bits per heavy atom. The Labute approximate surface area is 160 Å². The van der Waals surface area contributed by atoms with Gasteiger partial charge in [0.05, 0.1) is 20.8 Å². The van der Waals surface area contributed by atoms with Gasteiger partial charge < -0.3 is 19.5 Å². The van der Waals surface area contributed by atoms with Gasteiger partial charge in [-0.05, 0) is 66.6 Å². The molecule has 1 atom stereocenters. The van der Waals surface area contributed by atoms with E-state index in [1.807, 2.05) is 36.4 Å². The van der Waals surface area contributed by atoms with E-state index in [0.717, 1.165) is 17.2 Å². The number of methoxy groups -OCH3 is 2. The van der Waals surface area contributed by atoms with Crippen LogP contribution in [0.1, 0.15) is 30.7 Å². The van der Waals surface area contributed by atoms with Crippen LogP contribution in [0.3, 0.4) is 0 Å². The van der Waals surface area contributed by atoms with Crippen LogP contribution in [0.5, 0.6) is 17.2 Å². The maximum atomic E-state index is 12.4. The molecule has 1 amide bonds. The number of rotatable bonds is 10. The van der Waals surface area contributed by atoms with Crippen molar-refractivity contribution in [2.24, 2.45) is 5.92 Å². The summed E-state index contributed by atoms with van der Waals surface area (Å²) >= 11 is 0. The highest BCUT2D eigenvalue weighted by molar-refractivity contribution is 5.77. The van der Waals surface area contributed by atoms with Gasteiger partial charge in [0.2, 0.25) is 5.91 Å². The molecule has 0 saturated heterocycles. The molecule has 1 fully saturated rings. The van der Waals surface area contributed by atoms with Gasteiger partial charge in [-0.1, -0.05) is 12.1 Å². The molecule has 1 N–H and O–H groups in total. The minimum absolute atomic E-state index is 0.0704. The highest BCUT2D eigenvalue weighted by Crippen LogP contribution is 2.44. The van der Waals surface area contributed by atoms with Gasteiger partial charge in [0.15, 0.2) is 0 Å². The van der Waals surface area contributed by atoms with Crippen LogP contribution in [0, 0.1) is 5.92 Å². The smallest absolute Gasteiger partial charge is 0.220 e. The summed E-state index contributed by atoms with van der Waals surface area (Å²) in [5.41, 5.74) is 1.21. The Balaban J connectivity index is 1.43. The Bertz CT molecular complexity index is 723. The fourth-order valence-corrected chi connectivity index (χ4v) is 3.21. The molecule has 0 aliphatic heterocycles. The van der Waals surface area contributed by atoms with E-state index >= 15 is 0 Å². The maximum Gasteiger partial charge on any atom is 0.220 e. The average molecular weight is 369 g/mol. The first-order valence-corrected chi connectivity index (χ1v) is 9.37. The molecule has 1 aliphatic rings. The van der Waals surface area contributed by atoms with Crippen molar-refractivity contribution in [2.45, 2.75) is 25.2 Å². The van der Waals surface area contributed by atoms with E-state index in [9.17, 15) is 4.79 Å². The van der Waals surface area contributed by atoms with E-state index in [-0.39, 0.29) is 11.8 Å². The predicted molar refractivity (Wildman–Crippen MR) is 105 cm³/mol. The minimum Gasteiger partial charge on any atom is -0.497 e. The zero-order chi connectivity index (χ0) is 19.1. The van der Waals surface area contributed by atoms with E-state index in [1.54, 1.807) is 14.2 Å². The van der Waals surface area contributed by atoms with Crippen molar-refractivity contribution < 1.29 is 19.0 Å². The Morgan fingerprint density at radius 2 is 1.52 bits per heavy atom. The van der Waals surface area contributed by atoms with Crippen molar-refractivity contribution in [3.63, 3.8) is 0 Å². The highest BCUT2D eigenvalue weighted by Gasteiger charge is 2.33. The zero-order valence-corrected chi connectivity index (χ0v) is 15.9. The van der Waals surface area contributed by atoms with Crippen LogP contribution in [-0.4, -0.2) is 33.3 Å². The van der Waals surface area contributed by atoms with E-state index in [0.29, 0.717) is 25.5 Å². The molecular formula is C22H27NO4. The minimum atomic E-state index is 0.0704. The number of nitrogens with one attached hydrogen (secondary N) is 1. The lowest BCUT2D eigenvalue weighted by atomic mass is 9.90. The van der Waals surface area contributed by atoms with Gasteiger partial charge in [-0.15, -0.1) is 0 Å². The summed E-state index contributed by atoms with van der Waals surface area (Å²) in [5, 5.41) is 2.97. The predicted octanol–water partition coefficient (Wildman–Crippen LogP) is 3.78. The van der Waals surface area contributed by atoms with Gasteiger partial charge >= 0.3 is 0 Å². The number of amides is 1. The number of benzene rings is 2. The van der Waals surface area contributed by atoms with E-state index in [4.69, 9.17) is 14.2 Å². The van der Waals surface area contributed by atoms with Crippen LogP contribution < -0.4 is 19.5 Å². The largest absolute Gasteiger partial charge is 0.497 e. The normalized spacial score (nSPS) is 14.3. The molecule has 2 aromatic carbocycles. The SMILES string of the molecule is COc1ccc(OCCNC(=O)CC(c2ccc(OC)cc2)C2CC2)cc1. The zero-order valence-electron chi connectivity index (χ0n) is 15.9. The van der Waals surface area contributed by atoms with Crippen LogP contribution >= 0.6 is 0 Å². The first-order valence-electron chi connectivity index (χ1n) is 9.37. The second-order valence-electron chi connectivity index (χ2n) is 6.80. The van der Waals surface area contributed by atoms with Gasteiger partial charge in [-0.25, -0.2) is 0 Å². The first-order chi connectivity index (χ1) is 13.2. The van der Waals surface area contributed by atoms with Crippen molar-refractivity contribution in [2.75, 3.05) is 27.4 Å². The maximum absolute atomic E-state index is 12.4. The third kappa shape index (κ3) is 5.64. The van der Waals surface area contributed by atoms with Gasteiger partial charge in [-0.3, -0.25) is 4.79 Å². The number of carbonyl (C=O) groups is 1. The van der Waals surface area contributed by atoms with Crippen molar-refractivity contribution >= 4 is 5.91 Å². The standard InChI is InChI=1S/C22H27NO4/c1-25-18-7-5-17(6-8-18)21(16-3-4-16)15-22(24)23-13-14-27-20-11-9-19(26-2)10-12-20/h5-12,16,21H,3-4,13-15H2,1-2H3,(H,23,24). The lowest BCUT2D eigenvalue weighted by Gasteiger charge is -2.17. The summed E-state index contributed by atoms with van der Waals surface area (Å²) in [5.74, 6) is 3.35. The molecule has 0 heterocycles. The van der Waals surface area contributed by atoms with Gasteiger partial charge in [0.25, 0.3) is 0 Å². The summed E-state index contributed by atoms with van der Waals surface area (Å²) in [6.45, 7) is 0.930. The van der Waals surface area contributed by atoms with Crippen LogP contribution in [0.4, 0.5) is 0 Å². The fraction of sp³-hybridized carbons (Fsp3) is 0.409. The van der Waals surface area contributed by atoms with E-state index < -0.39 is 0 Å². The number of ether oxygens (including phenoxy) is 3. The van der Waals surface area contributed by atoms with Gasteiger partial charge in [0, 0.05) is 6.42 Å². The molecule has 1 saturated carbocycles. The van der Waals surface area contributed by atoms with Gasteiger partial charge in [0.1, 0.15) is 23.9 Å². The van der Waals surface area contributed by atoms with Crippen LogP contribution in [0.25, 0.3) is 0 Å². The number of hydrogen-bond acceptors (Lipinski definition) is 4.